The van der Waals surface area contributed by atoms with Crippen molar-refractivity contribution in [1.82, 2.24) is 14.5 Å². The van der Waals surface area contributed by atoms with Gasteiger partial charge in [0.15, 0.2) is 0 Å². The Kier molecular flexibility index (Phi) is 4.41. The second kappa shape index (κ2) is 6.06. The number of anilines is 1. The van der Waals surface area contributed by atoms with E-state index in [1.165, 1.54) is 6.07 Å². The van der Waals surface area contributed by atoms with Gasteiger partial charge >= 0.3 is 0 Å². The molecule has 0 saturated heterocycles. The number of benzene rings is 1. The SMILES string of the molecule is CCc1ccc(S(=O)(=O)NCCn2cccn2)cc1N. The van der Waals surface area contributed by atoms with Gasteiger partial charge in [0, 0.05) is 24.6 Å². The Hall–Kier alpha value is -1.86. The molecule has 7 heteroatoms. The molecule has 0 aliphatic rings. The number of nitrogens with zero attached hydrogens (tertiary/aromatic N) is 2. The standard InChI is InChI=1S/C13H18N4O2S/c1-2-11-4-5-12(10-13(11)14)20(18,19)16-7-9-17-8-3-6-15-17/h3-6,8,10,16H,2,7,9,14H2,1H3. The average Bonchev–Trinajstić information content (AvgIpc) is 2.91. The van der Waals surface area contributed by atoms with Crippen molar-refractivity contribution in [2.24, 2.45) is 0 Å². The predicted molar refractivity (Wildman–Crippen MR) is 77.6 cm³/mol. The lowest BCUT2D eigenvalue weighted by atomic mass is 10.1. The average molecular weight is 294 g/mol. The minimum atomic E-state index is -3.53. The first-order chi connectivity index (χ1) is 9.53. The first-order valence-corrected chi connectivity index (χ1v) is 7.86. The molecule has 6 nitrogen and oxygen atoms in total. The summed E-state index contributed by atoms with van der Waals surface area (Å²) in [7, 11) is -3.53. The number of hydrogen-bond acceptors (Lipinski definition) is 4. The van der Waals surface area contributed by atoms with Gasteiger partial charge in [0.2, 0.25) is 10.0 Å². The van der Waals surface area contributed by atoms with Crippen LogP contribution in [0.1, 0.15) is 12.5 Å². The summed E-state index contributed by atoms with van der Waals surface area (Å²) in [5, 5.41) is 4.01. The van der Waals surface area contributed by atoms with E-state index in [-0.39, 0.29) is 11.4 Å². The second-order valence-electron chi connectivity index (χ2n) is 4.38. The molecule has 0 aliphatic carbocycles. The van der Waals surface area contributed by atoms with Crippen molar-refractivity contribution in [2.75, 3.05) is 12.3 Å². The molecule has 20 heavy (non-hydrogen) atoms. The van der Waals surface area contributed by atoms with Gasteiger partial charge in [-0.2, -0.15) is 5.10 Å². The van der Waals surface area contributed by atoms with Crippen molar-refractivity contribution < 1.29 is 8.42 Å². The summed E-state index contributed by atoms with van der Waals surface area (Å²) in [5.41, 5.74) is 7.28. The molecule has 0 aliphatic heterocycles. The molecule has 1 aromatic heterocycles. The van der Waals surface area contributed by atoms with Crippen LogP contribution in [0.2, 0.25) is 0 Å². The van der Waals surface area contributed by atoms with Crippen LogP contribution < -0.4 is 10.5 Å². The number of rotatable bonds is 6. The lowest BCUT2D eigenvalue weighted by Crippen LogP contribution is -2.27. The van der Waals surface area contributed by atoms with Crippen molar-refractivity contribution >= 4 is 15.7 Å². The molecule has 0 atom stereocenters. The van der Waals surface area contributed by atoms with Gasteiger partial charge in [0.05, 0.1) is 11.4 Å². The first kappa shape index (κ1) is 14.5. The number of nitrogens with two attached hydrogens (primary N) is 1. The molecular formula is C13H18N4O2S. The maximum Gasteiger partial charge on any atom is 0.240 e. The van der Waals surface area contributed by atoms with E-state index in [9.17, 15) is 8.42 Å². The number of nitrogen functional groups attached to an aromatic ring is 1. The molecule has 0 radical (unpaired) electrons. The maximum absolute atomic E-state index is 12.1. The van der Waals surface area contributed by atoms with E-state index in [1.807, 2.05) is 6.92 Å². The normalized spacial score (nSPS) is 11.7. The highest BCUT2D eigenvalue weighted by Crippen LogP contribution is 2.18. The summed E-state index contributed by atoms with van der Waals surface area (Å²) in [6.07, 6.45) is 4.21. The maximum atomic E-state index is 12.1. The summed E-state index contributed by atoms with van der Waals surface area (Å²) in [6, 6.07) is 6.61. The van der Waals surface area contributed by atoms with E-state index >= 15 is 0 Å². The molecule has 0 saturated carbocycles. The molecule has 1 heterocycles. The molecule has 3 N–H and O–H groups in total. The van der Waals surface area contributed by atoms with Crippen LogP contribution in [0.4, 0.5) is 5.69 Å². The Morgan fingerprint density at radius 1 is 1.40 bits per heavy atom. The van der Waals surface area contributed by atoms with E-state index in [0.717, 1.165) is 12.0 Å². The fourth-order valence-electron chi connectivity index (χ4n) is 1.87. The summed E-state index contributed by atoms with van der Waals surface area (Å²) in [6.45, 7) is 2.73. The van der Waals surface area contributed by atoms with Gasteiger partial charge in [-0.05, 0) is 30.2 Å². The number of aromatic nitrogens is 2. The highest BCUT2D eigenvalue weighted by atomic mass is 32.2. The highest BCUT2D eigenvalue weighted by Gasteiger charge is 2.14. The fraction of sp³-hybridized carbons (Fsp3) is 0.308. The Labute approximate surface area is 118 Å². The first-order valence-electron chi connectivity index (χ1n) is 6.38. The van der Waals surface area contributed by atoms with Gasteiger partial charge in [0.1, 0.15) is 0 Å². The molecule has 0 spiro atoms. The molecule has 0 unspecified atom stereocenters. The smallest absolute Gasteiger partial charge is 0.240 e. The zero-order valence-corrected chi connectivity index (χ0v) is 12.1. The third-order valence-electron chi connectivity index (χ3n) is 3.00. The summed E-state index contributed by atoms with van der Waals surface area (Å²) in [4.78, 5) is 0.188. The van der Waals surface area contributed by atoms with Crippen LogP contribution in [-0.2, 0) is 23.0 Å². The van der Waals surface area contributed by atoms with Crippen LogP contribution in [0.3, 0.4) is 0 Å². The summed E-state index contributed by atoms with van der Waals surface area (Å²) in [5.74, 6) is 0. The van der Waals surface area contributed by atoms with E-state index < -0.39 is 10.0 Å². The van der Waals surface area contributed by atoms with Crippen LogP contribution in [0.5, 0.6) is 0 Å². The minimum Gasteiger partial charge on any atom is -0.398 e. The number of hydrogen-bond donors (Lipinski definition) is 2. The van der Waals surface area contributed by atoms with E-state index in [2.05, 4.69) is 9.82 Å². The second-order valence-corrected chi connectivity index (χ2v) is 6.15. The molecular weight excluding hydrogens is 276 g/mol. The third-order valence-corrected chi connectivity index (χ3v) is 4.46. The van der Waals surface area contributed by atoms with Crippen molar-refractivity contribution in [3.05, 3.63) is 42.2 Å². The van der Waals surface area contributed by atoms with Crippen molar-refractivity contribution in [3.63, 3.8) is 0 Å². The van der Waals surface area contributed by atoms with Crippen molar-refractivity contribution in [2.45, 2.75) is 24.8 Å². The van der Waals surface area contributed by atoms with Crippen LogP contribution in [0.15, 0.2) is 41.6 Å². The molecule has 0 bridgehead atoms. The monoisotopic (exact) mass is 294 g/mol. The molecule has 2 rings (SSSR count). The lowest BCUT2D eigenvalue weighted by molar-refractivity contribution is 0.561. The number of aryl methyl sites for hydroxylation is 1. The Morgan fingerprint density at radius 3 is 2.80 bits per heavy atom. The van der Waals surface area contributed by atoms with Gasteiger partial charge in [0.25, 0.3) is 0 Å². The zero-order valence-electron chi connectivity index (χ0n) is 11.3. The van der Waals surface area contributed by atoms with E-state index in [4.69, 9.17) is 5.73 Å². The summed E-state index contributed by atoms with van der Waals surface area (Å²) >= 11 is 0. The van der Waals surface area contributed by atoms with Crippen molar-refractivity contribution in [3.8, 4) is 0 Å². The third kappa shape index (κ3) is 3.37. The fourth-order valence-corrected chi connectivity index (χ4v) is 2.93. The zero-order chi connectivity index (χ0) is 14.6. The predicted octanol–water partition coefficient (Wildman–Crippen LogP) is 1.01. The van der Waals surface area contributed by atoms with Crippen molar-refractivity contribution in [1.29, 1.82) is 0 Å². The molecule has 108 valence electrons. The van der Waals surface area contributed by atoms with E-state index in [0.29, 0.717) is 12.2 Å². The van der Waals surface area contributed by atoms with Gasteiger partial charge in [-0.1, -0.05) is 13.0 Å². The molecule has 0 amide bonds. The molecule has 2 aromatic rings. The van der Waals surface area contributed by atoms with Crippen LogP contribution in [0.25, 0.3) is 0 Å². The highest BCUT2D eigenvalue weighted by molar-refractivity contribution is 7.89. The lowest BCUT2D eigenvalue weighted by Gasteiger charge is -2.09. The van der Waals surface area contributed by atoms with Crippen LogP contribution >= 0.6 is 0 Å². The van der Waals surface area contributed by atoms with Crippen LogP contribution in [-0.4, -0.2) is 24.7 Å². The van der Waals surface area contributed by atoms with Gasteiger partial charge < -0.3 is 5.73 Å². The Balaban J connectivity index is 2.04. The van der Waals surface area contributed by atoms with E-state index in [1.54, 1.807) is 35.3 Å². The van der Waals surface area contributed by atoms with Gasteiger partial charge in [-0.25, -0.2) is 13.1 Å². The van der Waals surface area contributed by atoms with Gasteiger partial charge in [-0.15, -0.1) is 0 Å². The molecule has 0 fully saturated rings. The largest absolute Gasteiger partial charge is 0.398 e. The summed E-state index contributed by atoms with van der Waals surface area (Å²) < 4.78 is 28.4. The quantitative estimate of drug-likeness (QED) is 0.778. The topological polar surface area (TPSA) is 90.0 Å². The number of sulfonamides is 1. The Bertz CT molecular complexity index is 666. The number of nitrogens with one attached hydrogen (secondary N) is 1. The molecule has 1 aromatic carbocycles. The minimum absolute atomic E-state index is 0.188. The van der Waals surface area contributed by atoms with Gasteiger partial charge in [-0.3, -0.25) is 4.68 Å². The Morgan fingerprint density at radius 2 is 2.20 bits per heavy atom. The van der Waals surface area contributed by atoms with Crippen LogP contribution in [0, 0.1) is 0 Å².